The summed E-state index contributed by atoms with van der Waals surface area (Å²) in [6, 6.07) is 4.56. The van der Waals surface area contributed by atoms with Gasteiger partial charge in [0.2, 0.25) is 5.91 Å². The highest BCUT2D eigenvalue weighted by atomic mass is 19.3. The number of likely N-dealkylation sites (N-methyl/N-ethyl adjacent to an activating group) is 1. The van der Waals surface area contributed by atoms with Gasteiger partial charge in [0, 0.05) is 18.3 Å². The van der Waals surface area contributed by atoms with Gasteiger partial charge >= 0.3 is 5.97 Å². The molecule has 3 aromatic rings. The van der Waals surface area contributed by atoms with Crippen LogP contribution in [-0.4, -0.2) is 48.6 Å². The Kier molecular flexibility index (Phi) is 12.9. The Bertz CT molecular complexity index is 1630. The number of hydrogen-bond donors (Lipinski definition) is 1. The number of rotatable bonds is 14. The standard InChI is InChI=1S/C36H45F4N3O4/c1-9-47-31(44)18-29(27-17-25(13-23(6)33(27)38)32-21(4)14-26(37)15-22(32)5)41-35(45)30(12-20(2)3)43-19-24(10-11-42(7)8)16-28(34(39)40)36(43)46/h13-17,19-20,29-30,34H,9-12,18H2,1-8H3,(H,41,45)/t29-,30?/m0/s1. The second-order valence-electron chi connectivity index (χ2n) is 12.7. The van der Waals surface area contributed by atoms with Crippen LogP contribution >= 0.6 is 0 Å². The molecule has 1 unspecified atom stereocenters. The first-order valence-electron chi connectivity index (χ1n) is 15.7. The van der Waals surface area contributed by atoms with Crippen LogP contribution in [0.5, 0.6) is 0 Å². The van der Waals surface area contributed by atoms with E-state index in [9.17, 15) is 27.6 Å². The molecule has 0 aliphatic carbocycles. The minimum atomic E-state index is -3.06. The second kappa shape index (κ2) is 16.2. The zero-order chi connectivity index (χ0) is 35.2. The minimum absolute atomic E-state index is 0.00632. The molecule has 0 saturated carbocycles. The Balaban J connectivity index is 2.18. The number of amides is 1. The molecule has 0 aliphatic heterocycles. The third-order valence-electron chi connectivity index (χ3n) is 7.98. The summed E-state index contributed by atoms with van der Waals surface area (Å²) < 4.78 is 64.4. The fourth-order valence-corrected chi connectivity index (χ4v) is 5.81. The number of carbonyl (C=O) groups is 2. The number of ether oxygens (including phenoxy) is 1. The van der Waals surface area contributed by atoms with E-state index >= 15 is 4.39 Å². The maximum atomic E-state index is 15.9. The van der Waals surface area contributed by atoms with Gasteiger partial charge in [-0.05, 0) is 124 Å². The van der Waals surface area contributed by atoms with Crippen molar-refractivity contribution in [2.75, 3.05) is 27.2 Å². The molecule has 47 heavy (non-hydrogen) atoms. The van der Waals surface area contributed by atoms with Gasteiger partial charge in [0.15, 0.2) is 0 Å². The van der Waals surface area contributed by atoms with E-state index in [4.69, 9.17) is 4.74 Å². The molecular weight excluding hydrogens is 614 g/mol. The maximum Gasteiger partial charge on any atom is 0.308 e. The molecule has 1 N–H and O–H groups in total. The lowest BCUT2D eigenvalue weighted by molar-refractivity contribution is -0.144. The molecule has 256 valence electrons. The molecule has 0 radical (unpaired) electrons. The number of pyridine rings is 1. The number of nitrogens with one attached hydrogen (secondary N) is 1. The van der Waals surface area contributed by atoms with Crippen LogP contribution in [0.3, 0.4) is 0 Å². The van der Waals surface area contributed by atoms with Crippen LogP contribution in [0.2, 0.25) is 0 Å². The highest BCUT2D eigenvalue weighted by Crippen LogP contribution is 2.34. The SMILES string of the molecule is CCOC(=O)C[C@H](NC(=O)C(CC(C)C)n1cc(CCN(C)C)cc(C(F)F)c1=O)c1cc(-c2c(C)cc(F)cc2C)cc(C)c1F. The summed E-state index contributed by atoms with van der Waals surface area (Å²) >= 11 is 0. The van der Waals surface area contributed by atoms with Crippen molar-refractivity contribution in [1.29, 1.82) is 0 Å². The molecule has 1 heterocycles. The zero-order valence-corrected chi connectivity index (χ0v) is 28.3. The molecule has 0 fully saturated rings. The van der Waals surface area contributed by atoms with E-state index in [2.05, 4.69) is 5.32 Å². The summed E-state index contributed by atoms with van der Waals surface area (Å²) in [4.78, 5) is 42.2. The molecule has 7 nitrogen and oxygen atoms in total. The van der Waals surface area contributed by atoms with Gasteiger partial charge in [-0.2, -0.15) is 0 Å². The van der Waals surface area contributed by atoms with Crippen molar-refractivity contribution in [1.82, 2.24) is 14.8 Å². The Morgan fingerprint density at radius 3 is 2.15 bits per heavy atom. The molecule has 0 bridgehead atoms. The quantitative estimate of drug-likeness (QED) is 0.147. The first-order chi connectivity index (χ1) is 22.0. The number of carbonyl (C=O) groups excluding carboxylic acids is 2. The van der Waals surface area contributed by atoms with Gasteiger partial charge in [0.25, 0.3) is 12.0 Å². The van der Waals surface area contributed by atoms with Crippen molar-refractivity contribution >= 4 is 11.9 Å². The Morgan fingerprint density at radius 1 is 0.957 bits per heavy atom. The number of halogens is 4. The predicted molar refractivity (Wildman–Crippen MR) is 175 cm³/mol. The molecule has 2 aromatic carbocycles. The van der Waals surface area contributed by atoms with E-state index in [-0.39, 0.29) is 30.1 Å². The summed E-state index contributed by atoms with van der Waals surface area (Å²) in [5.74, 6) is -2.66. The zero-order valence-electron chi connectivity index (χ0n) is 28.3. The summed E-state index contributed by atoms with van der Waals surface area (Å²) in [7, 11) is 3.66. The first-order valence-corrected chi connectivity index (χ1v) is 15.7. The summed E-state index contributed by atoms with van der Waals surface area (Å²) in [5, 5.41) is 2.76. The van der Waals surface area contributed by atoms with Crippen molar-refractivity contribution in [3.8, 4) is 11.1 Å². The second-order valence-corrected chi connectivity index (χ2v) is 12.7. The average molecular weight is 660 g/mol. The van der Waals surface area contributed by atoms with Crippen LogP contribution in [0.1, 0.15) is 85.5 Å². The molecule has 11 heteroatoms. The maximum absolute atomic E-state index is 15.9. The third-order valence-corrected chi connectivity index (χ3v) is 7.98. The molecule has 2 atom stereocenters. The lowest BCUT2D eigenvalue weighted by atomic mass is 9.90. The van der Waals surface area contributed by atoms with Crippen LogP contribution < -0.4 is 10.9 Å². The van der Waals surface area contributed by atoms with Crippen LogP contribution in [0.15, 0.2) is 41.3 Å². The van der Waals surface area contributed by atoms with E-state index < -0.39 is 59.6 Å². The number of esters is 1. The number of benzene rings is 2. The first kappa shape index (κ1) is 37.5. The van der Waals surface area contributed by atoms with Gasteiger partial charge in [-0.1, -0.05) is 13.8 Å². The number of hydrogen-bond acceptors (Lipinski definition) is 5. The van der Waals surface area contributed by atoms with E-state index in [1.165, 1.54) is 30.5 Å². The van der Waals surface area contributed by atoms with Crippen LogP contribution in [0, 0.1) is 38.3 Å². The smallest absolute Gasteiger partial charge is 0.308 e. The van der Waals surface area contributed by atoms with Gasteiger partial charge in [0.05, 0.1) is 24.6 Å². The highest BCUT2D eigenvalue weighted by Gasteiger charge is 2.31. The van der Waals surface area contributed by atoms with Crippen LogP contribution in [0.25, 0.3) is 11.1 Å². The number of alkyl halides is 2. The Morgan fingerprint density at radius 2 is 1.60 bits per heavy atom. The van der Waals surface area contributed by atoms with Crippen molar-refractivity contribution in [2.45, 2.75) is 79.3 Å². The lowest BCUT2D eigenvalue weighted by Crippen LogP contribution is -2.41. The number of aromatic nitrogens is 1. The van der Waals surface area contributed by atoms with Gasteiger partial charge in [-0.25, -0.2) is 17.6 Å². The number of nitrogens with zero attached hydrogens (tertiary/aromatic N) is 2. The van der Waals surface area contributed by atoms with Crippen LogP contribution in [0.4, 0.5) is 17.6 Å². The molecular formula is C36H45F4N3O4. The Hall–Kier alpha value is -3.99. The van der Waals surface area contributed by atoms with Gasteiger partial charge in [0.1, 0.15) is 17.7 Å². The normalized spacial score (nSPS) is 12.9. The highest BCUT2D eigenvalue weighted by molar-refractivity contribution is 5.82. The van der Waals surface area contributed by atoms with Crippen molar-refractivity contribution in [3.05, 3.63) is 91.9 Å². The summed E-state index contributed by atoms with van der Waals surface area (Å²) in [6.07, 6.45) is -1.61. The van der Waals surface area contributed by atoms with Crippen molar-refractivity contribution < 1.29 is 31.9 Å². The number of aryl methyl sites for hydroxylation is 3. The van der Waals surface area contributed by atoms with E-state index in [1.54, 1.807) is 33.8 Å². The van der Waals surface area contributed by atoms with E-state index in [0.29, 0.717) is 40.8 Å². The van der Waals surface area contributed by atoms with Crippen molar-refractivity contribution in [3.63, 3.8) is 0 Å². The van der Waals surface area contributed by atoms with Crippen molar-refractivity contribution in [2.24, 2.45) is 5.92 Å². The van der Waals surface area contributed by atoms with E-state index in [0.717, 1.165) is 4.57 Å². The van der Waals surface area contributed by atoms with Gasteiger partial charge in [-0.3, -0.25) is 14.4 Å². The van der Waals surface area contributed by atoms with Crippen LogP contribution in [-0.2, 0) is 20.7 Å². The Labute approximate surface area is 273 Å². The average Bonchev–Trinajstić information content (AvgIpc) is 2.96. The molecule has 0 aliphatic rings. The molecule has 3 rings (SSSR count). The van der Waals surface area contributed by atoms with Gasteiger partial charge in [-0.15, -0.1) is 0 Å². The molecule has 1 amide bonds. The fourth-order valence-electron chi connectivity index (χ4n) is 5.81. The lowest BCUT2D eigenvalue weighted by Gasteiger charge is -2.27. The molecule has 1 aromatic heterocycles. The third kappa shape index (κ3) is 9.53. The minimum Gasteiger partial charge on any atom is -0.466 e. The largest absolute Gasteiger partial charge is 0.466 e. The summed E-state index contributed by atoms with van der Waals surface area (Å²) in [5.41, 5.74) is 1.43. The monoisotopic (exact) mass is 659 g/mol. The van der Waals surface area contributed by atoms with E-state index in [1.807, 2.05) is 32.8 Å². The summed E-state index contributed by atoms with van der Waals surface area (Å²) in [6.45, 7) is 10.8. The molecule has 0 spiro atoms. The van der Waals surface area contributed by atoms with Gasteiger partial charge < -0.3 is 19.5 Å². The predicted octanol–water partition coefficient (Wildman–Crippen LogP) is 7.16. The molecule has 0 saturated heterocycles. The topological polar surface area (TPSA) is 80.6 Å². The fraction of sp³-hybridized carbons (Fsp3) is 0.472.